The summed E-state index contributed by atoms with van der Waals surface area (Å²) in [7, 11) is 0. The molecule has 5 heteroatoms. The second-order valence-electron chi connectivity index (χ2n) is 5.71. The SMILES string of the molecule is CC(N)C1CCCCN1Cc1nc(C2CC2)no1. The smallest absolute Gasteiger partial charge is 0.240 e. The van der Waals surface area contributed by atoms with Gasteiger partial charge in [0.2, 0.25) is 5.89 Å². The van der Waals surface area contributed by atoms with Crippen molar-refractivity contribution in [3.8, 4) is 0 Å². The second kappa shape index (κ2) is 4.97. The molecule has 2 atom stereocenters. The topological polar surface area (TPSA) is 68.2 Å². The van der Waals surface area contributed by atoms with Crippen molar-refractivity contribution in [3.05, 3.63) is 11.7 Å². The number of piperidine rings is 1. The summed E-state index contributed by atoms with van der Waals surface area (Å²) in [5, 5.41) is 4.07. The first-order valence-electron chi connectivity index (χ1n) is 7.06. The van der Waals surface area contributed by atoms with Crippen LogP contribution >= 0.6 is 0 Å². The zero-order valence-electron chi connectivity index (χ0n) is 11.0. The van der Waals surface area contributed by atoms with Gasteiger partial charge < -0.3 is 10.3 Å². The molecule has 2 aliphatic rings. The molecule has 1 aliphatic heterocycles. The normalized spacial score (nSPS) is 27.3. The molecule has 3 rings (SSSR count). The van der Waals surface area contributed by atoms with Gasteiger partial charge in [0.15, 0.2) is 5.82 Å². The molecule has 0 aromatic carbocycles. The van der Waals surface area contributed by atoms with Crippen LogP contribution in [0.15, 0.2) is 4.52 Å². The average Bonchev–Trinajstić information content (AvgIpc) is 3.11. The number of likely N-dealkylation sites (tertiary alicyclic amines) is 1. The van der Waals surface area contributed by atoms with Crippen LogP contribution in [0.5, 0.6) is 0 Å². The Kier molecular flexibility index (Phi) is 3.35. The van der Waals surface area contributed by atoms with Crippen LogP contribution in [0.3, 0.4) is 0 Å². The Morgan fingerprint density at radius 2 is 2.22 bits per heavy atom. The van der Waals surface area contributed by atoms with Gasteiger partial charge in [-0.05, 0) is 39.2 Å². The van der Waals surface area contributed by atoms with E-state index in [0.29, 0.717) is 12.0 Å². The van der Waals surface area contributed by atoms with Crippen molar-refractivity contribution in [1.82, 2.24) is 15.0 Å². The molecule has 18 heavy (non-hydrogen) atoms. The highest BCUT2D eigenvalue weighted by Crippen LogP contribution is 2.38. The molecule has 2 heterocycles. The fourth-order valence-corrected chi connectivity index (χ4v) is 2.82. The van der Waals surface area contributed by atoms with E-state index in [1.807, 2.05) is 0 Å². The van der Waals surface area contributed by atoms with Crippen molar-refractivity contribution >= 4 is 0 Å². The zero-order chi connectivity index (χ0) is 12.5. The summed E-state index contributed by atoms with van der Waals surface area (Å²) >= 11 is 0. The van der Waals surface area contributed by atoms with Crippen LogP contribution in [-0.4, -0.2) is 33.7 Å². The minimum atomic E-state index is 0.205. The molecule has 0 spiro atoms. The minimum Gasteiger partial charge on any atom is -0.338 e. The van der Waals surface area contributed by atoms with Gasteiger partial charge in [-0.15, -0.1) is 0 Å². The summed E-state index contributed by atoms with van der Waals surface area (Å²) in [5.74, 6) is 2.22. The third-order valence-corrected chi connectivity index (χ3v) is 4.04. The molecule has 100 valence electrons. The van der Waals surface area contributed by atoms with E-state index in [1.54, 1.807) is 0 Å². The van der Waals surface area contributed by atoms with Crippen LogP contribution in [0.1, 0.15) is 56.7 Å². The maximum atomic E-state index is 6.07. The molecule has 2 fully saturated rings. The maximum absolute atomic E-state index is 6.07. The molecule has 1 saturated carbocycles. The Bertz CT molecular complexity index is 399. The quantitative estimate of drug-likeness (QED) is 0.880. The number of nitrogens with zero attached hydrogens (tertiary/aromatic N) is 3. The van der Waals surface area contributed by atoms with Crippen molar-refractivity contribution in [3.63, 3.8) is 0 Å². The van der Waals surface area contributed by atoms with Crippen LogP contribution in [0.25, 0.3) is 0 Å². The Hall–Kier alpha value is -0.940. The van der Waals surface area contributed by atoms with Gasteiger partial charge in [-0.25, -0.2) is 0 Å². The molecule has 1 aromatic heterocycles. The van der Waals surface area contributed by atoms with Gasteiger partial charge in [-0.2, -0.15) is 4.98 Å². The van der Waals surface area contributed by atoms with E-state index in [1.165, 1.54) is 32.1 Å². The first kappa shape index (κ1) is 12.1. The van der Waals surface area contributed by atoms with E-state index in [2.05, 4.69) is 22.0 Å². The molecular formula is C13H22N4O. The number of hydrogen-bond donors (Lipinski definition) is 1. The van der Waals surface area contributed by atoms with Crippen molar-refractivity contribution in [2.24, 2.45) is 5.73 Å². The van der Waals surface area contributed by atoms with E-state index >= 15 is 0 Å². The summed E-state index contributed by atoms with van der Waals surface area (Å²) < 4.78 is 5.35. The van der Waals surface area contributed by atoms with Crippen LogP contribution in [0.2, 0.25) is 0 Å². The predicted octanol–water partition coefficient (Wildman–Crippen LogP) is 1.65. The van der Waals surface area contributed by atoms with Crippen molar-refractivity contribution in [1.29, 1.82) is 0 Å². The number of aromatic nitrogens is 2. The van der Waals surface area contributed by atoms with Crippen LogP contribution < -0.4 is 5.73 Å². The Morgan fingerprint density at radius 3 is 2.94 bits per heavy atom. The standard InChI is InChI=1S/C13H22N4O/c1-9(14)11-4-2-3-7-17(11)8-12-15-13(16-18-12)10-5-6-10/h9-11H,2-8,14H2,1H3. The van der Waals surface area contributed by atoms with Gasteiger partial charge >= 0.3 is 0 Å². The number of rotatable bonds is 4. The molecule has 2 unspecified atom stereocenters. The summed E-state index contributed by atoms with van der Waals surface area (Å²) in [5.41, 5.74) is 6.07. The fourth-order valence-electron chi connectivity index (χ4n) is 2.82. The summed E-state index contributed by atoms with van der Waals surface area (Å²) in [6.45, 7) is 3.94. The minimum absolute atomic E-state index is 0.205. The number of nitrogens with two attached hydrogens (primary N) is 1. The summed E-state index contributed by atoms with van der Waals surface area (Å²) in [4.78, 5) is 6.90. The maximum Gasteiger partial charge on any atom is 0.240 e. The molecule has 0 bridgehead atoms. The van der Waals surface area contributed by atoms with Gasteiger partial charge in [-0.3, -0.25) is 4.90 Å². The zero-order valence-corrected chi connectivity index (χ0v) is 11.0. The third-order valence-electron chi connectivity index (χ3n) is 4.04. The molecule has 0 radical (unpaired) electrons. The molecule has 5 nitrogen and oxygen atoms in total. The van der Waals surface area contributed by atoms with E-state index in [9.17, 15) is 0 Å². The van der Waals surface area contributed by atoms with Crippen LogP contribution in [0, 0.1) is 0 Å². The Labute approximate surface area is 108 Å². The third kappa shape index (κ3) is 2.57. The van der Waals surface area contributed by atoms with Crippen molar-refractivity contribution in [2.75, 3.05) is 6.54 Å². The monoisotopic (exact) mass is 250 g/mol. The highest BCUT2D eigenvalue weighted by atomic mass is 16.5. The number of hydrogen-bond acceptors (Lipinski definition) is 5. The van der Waals surface area contributed by atoms with Crippen molar-refractivity contribution in [2.45, 2.75) is 63.6 Å². The lowest BCUT2D eigenvalue weighted by Crippen LogP contribution is -2.48. The lowest BCUT2D eigenvalue weighted by molar-refractivity contribution is 0.109. The summed E-state index contributed by atoms with van der Waals surface area (Å²) in [6.07, 6.45) is 6.13. The Morgan fingerprint density at radius 1 is 1.39 bits per heavy atom. The molecule has 2 N–H and O–H groups in total. The first-order valence-corrected chi connectivity index (χ1v) is 7.06. The van der Waals surface area contributed by atoms with Gasteiger partial charge in [0, 0.05) is 18.0 Å². The molecule has 1 aromatic rings. The first-order chi connectivity index (χ1) is 8.74. The lowest BCUT2D eigenvalue weighted by atomic mass is 9.97. The van der Waals surface area contributed by atoms with E-state index in [4.69, 9.17) is 10.3 Å². The van der Waals surface area contributed by atoms with Crippen LogP contribution in [0.4, 0.5) is 0 Å². The van der Waals surface area contributed by atoms with Crippen LogP contribution in [-0.2, 0) is 6.54 Å². The van der Waals surface area contributed by atoms with Crippen molar-refractivity contribution < 1.29 is 4.52 Å². The van der Waals surface area contributed by atoms with E-state index < -0.39 is 0 Å². The predicted molar refractivity (Wildman–Crippen MR) is 68.0 cm³/mol. The Balaban J connectivity index is 1.65. The molecular weight excluding hydrogens is 228 g/mol. The molecule has 1 aliphatic carbocycles. The second-order valence-corrected chi connectivity index (χ2v) is 5.71. The van der Waals surface area contributed by atoms with Gasteiger partial charge in [0.25, 0.3) is 0 Å². The average molecular weight is 250 g/mol. The fraction of sp³-hybridized carbons (Fsp3) is 0.846. The summed E-state index contributed by atoms with van der Waals surface area (Å²) in [6, 6.07) is 0.658. The molecule has 1 saturated heterocycles. The highest BCUT2D eigenvalue weighted by Gasteiger charge is 2.30. The molecule has 0 amide bonds. The van der Waals surface area contributed by atoms with Gasteiger partial charge in [0.1, 0.15) is 0 Å². The van der Waals surface area contributed by atoms with Gasteiger partial charge in [-0.1, -0.05) is 11.6 Å². The largest absolute Gasteiger partial charge is 0.338 e. The van der Waals surface area contributed by atoms with E-state index in [0.717, 1.165) is 24.8 Å². The highest BCUT2D eigenvalue weighted by molar-refractivity contribution is 5.03. The van der Waals surface area contributed by atoms with Gasteiger partial charge in [0.05, 0.1) is 6.54 Å². The van der Waals surface area contributed by atoms with E-state index in [-0.39, 0.29) is 6.04 Å². The lowest BCUT2D eigenvalue weighted by Gasteiger charge is -2.37.